The number of aromatic amines is 1. The van der Waals surface area contributed by atoms with Crippen molar-refractivity contribution in [1.82, 2.24) is 4.98 Å². The second-order valence-corrected chi connectivity index (χ2v) is 4.38. The van der Waals surface area contributed by atoms with Crippen LogP contribution in [0.3, 0.4) is 0 Å². The fraction of sp³-hybridized carbons (Fsp3) is 0.100. The Labute approximate surface area is 94.0 Å². The molecule has 0 saturated carbocycles. The third kappa shape index (κ3) is 1.47. The van der Waals surface area contributed by atoms with Gasteiger partial charge in [0.1, 0.15) is 0 Å². The Morgan fingerprint density at radius 1 is 1.36 bits per heavy atom. The molecule has 2 rings (SSSR count). The van der Waals surface area contributed by atoms with Gasteiger partial charge in [0.15, 0.2) is 0 Å². The van der Waals surface area contributed by atoms with Gasteiger partial charge in [0, 0.05) is 20.9 Å². The van der Waals surface area contributed by atoms with E-state index in [0.717, 1.165) is 9.86 Å². The van der Waals surface area contributed by atoms with Gasteiger partial charge in [-0.25, -0.2) is 0 Å². The van der Waals surface area contributed by atoms with Crippen molar-refractivity contribution in [2.45, 2.75) is 6.92 Å². The molecule has 0 aliphatic carbocycles. The number of benzene rings is 1. The fourth-order valence-electron chi connectivity index (χ4n) is 1.39. The summed E-state index contributed by atoms with van der Waals surface area (Å²) in [6, 6.07) is 5.47. The zero-order valence-electron chi connectivity index (χ0n) is 7.40. The quantitative estimate of drug-likeness (QED) is 0.784. The van der Waals surface area contributed by atoms with Crippen molar-refractivity contribution >= 4 is 38.3 Å². The van der Waals surface area contributed by atoms with Gasteiger partial charge in [-0.15, -0.1) is 0 Å². The van der Waals surface area contributed by atoms with Crippen LogP contribution < -0.4 is 5.56 Å². The number of aromatic nitrogens is 1. The van der Waals surface area contributed by atoms with Gasteiger partial charge < -0.3 is 4.98 Å². The summed E-state index contributed by atoms with van der Waals surface area (Å²) in [5.41, 5.74) is 0.592. The number of nitrogens with one attached hydrogen (secondary N) is 1. The van der Waals surface area contributed by atoms with Gasteiger partial charge in [0.25, 0.3) is 5.56 Å². The van der Waals surface area contributed by atoms with Gasteiger partial charge in [-0.2, -0.15) is 0 Å². The predicted octanol–water partition coefficient (Wildman–Crippen LogP) is 3.25. The van der Waals surface area contributed by atoms with Crippen LogP contribution in [0.15, 0.2) is 27.5 Å². The molecule has 0 fully saturated rings. The summed E-state index contributed by atoms with van der Waals surface area (Å²) in [6.45, 7) is 1.78. The first-order valence-corrected chi connectivity index (χ1v) is 5.24. The Hall–Kier alpha value is -0.800. The molecule has 1 N–H and O–H groups in total. The number of H-pyrrole nitrogens is 1. The van der Waals surface area contributed by atoms with Gasteiger partial charge in [0.05, 0.1) is 5.02 Å². The van der Waals surface area contributed by atoms with Crippen molar-refractivity contribution in [2.24, 2.45) is 0 Å². The van der Waals surface area contributed by atoms with Gasteiger partial charge in [-0.1, -0.05) is 33.6 Å². The minimum atomic E-state index is -0.108. The molecule has 0 saturated heterocycles. The summed E-state index contributed by atoms with van der Waals surface area (Å²) >= 11 is 9.38. The molecule has 0 unspecified atom stereocenters. The molecule has 1 aromatic heterocycles. The van der Waals surface area contributed by atoms with Crippen LogP contribution in [0.4, 0.5) is 0 Å². The second-order valence-electron chi connectivity index (χ2n) is 3.08. The Bertz CT molecular complexity index is 562. The van der Waals surface area contributed by atoms with Gasteiger partial charge in [-0.05, 0) is 19.1 Å². The van der Waals surface area contributed by atoms with E-state index in [0.29, 0.717) is 16.1 Å². The molecule has 1 heterocycles. The molecular formula is C10H7BrClNO. The van der Waals surface area contributed by atoms with Crippen LogP contribution in [0.25, 0.3) is 10.8 Å². The first-order chi connectivity index (χ1) is 6.59. The summed E-state index contributed by atoms with van der Waals surface area (Å²) < 4.78 is 0.871. The molecule has 1 aromatic carbocycles. The summed E-state index contributed by atoms with van der Waals surface area (Å²) in [4.78, 5) is 14.3. The highest BCUT2D eigenvalue weighted by Gasteiger charge is 2.06. The molecular weight excluding hydrogens is 265 g/mol. The van der Waals surface area contributed by atoms with Crippen LogP contribution in [0.2, 0.25) is 5.02 Å². The van der Waals surface area contributed by atoms with Crippen LogP contribution >= 0.6 is 27.5 Å². The van der Waals surface area contributed by atoms with Gasteiger partial charge >= 0.3 is 0 Å². The Kier molecular flexibility index (Phi) is 2.37. The van der Waals surface area contributed by atoms with E-state index in [9.17, 15) is 4.79 Å². The van der Waals surface area contributed by atoms with Crippen molar-refractivity contribution in [1.29, 1.82) is 0 Å². The average Bonchev–Trinajstić information content (AvgIpc) is 2.14. The molecule has 0 spiro atoms. The van der Waals surface area contributed by atoms with Crippen molar-refractivity contribution in [2.75, 3.05) is 0 Å². The van der Waals surface area contributed by atoms with E-state index in [1.54, 1.807) is 13.0 Å². The predicted molar refractivity (Wildman–Crippen MR) is 62.0 cm³/mol. The lowest BCUT2D eigenvalue weighted by atomic mass is 10.1. The van der Waals surface area contributed by atoms with Gasteiger partial charge in [0.2, 0.25) is 0 Å². The normalized spacial score (nSPS) is 10.8. The zero-order chi connectivity index (χ0) is 10.3. The lowest BCUT2D eigenvalue weighted by molar-refractivity contribution is 1.17. The summed E-state index contributed by atoms with van der Waals surface area (Å²) in [7, 11) is 0. The Morgan fingerprint density at radius 2 is 2.07 bits per heavy atom. The first kappa shape index (κ1) is 9.74. The number of halogens is 2. The zero-order valence-corrected chi connectivity index (χ0v) is 9.74. The molecule has 0 atom stereocenters. The molecule has 0 amide bonds. The van der Waals surface area contributed by atoms with Crippen LogP contribution in [-0.4, -0.2) is 4.98 Å². The van der Waals surface area contributed by atoms with Crippen molar-refractivity contribution in [3.05, 3.63) is 43.7 Å². The van der Waals surface area contributed by atoms with Crippen LogP contribution in [0.5, 0.6) is 0 Å². The highest BCUT2D eigenvalue weighted by Crippen LogP contribution is 2.25. The smallest absolute Gasteiger partial charge is 0.256 e. The number of aryl methyl sites for hydroxylation is 1. The van der Waals surface area contributed by atoms with Crippen LogP contribution in [0.1, 0.15) is 5.69 Å². The highest BCUT2D eigenvalue weighted by molar-refractivity contribution is 9.10. The van der Waals surface area contributed by atoms with Crippen molar-refractivity contribution < 1.29 is 0 Å². The van der Waals surface area contributed by atoms with E-state index in [1.807, 2.05) is 12.1 Å². The maximum atomic E-state index is 11.6. The minimum absolute atomic E-state index is 0.108. The van der Waals surface area contributed by atoms with Crippen molar-refractivity contribution in [3.63, 3.8) is 0 Å². The number of hydrogen-bond donors (Lipinski definition) is 1. The molecule has 2 nitrogen and oxygen atoms in total. The van der Waals surface area contributed by atoms with Crippen molar-refractivity contribution in [3.8, 4) is 0 Å². The third-order valence-electron chi connectivity index (χ3n) is 2.09. The van der Waals surface area contributed by atoms with Gasteiger partial charge in [-0.3, -0.25) is 4.79 Å². The number of rotatable bonds is 0. The van der Waals surface area contributed by atoms with E-state index in [-0.39, 0.29) is 5.56 Å². The van der Waals surface area contributed by atoms with E-state index in [2.05, 4.69) is 20.9 Å². The highest BCUT2D eigenvalue weighted by atomic mass is 79.9. The van der Waals surface area contributed by atoms with E-state index < -0.39 is 0 Å². The topological polar surface area (TPSA) is 32.9 Å². The van der Waals surface area contributed by atoms with E-state index in [4.69, 9.17) is 11.6 Å². The van der Waals surface area contributed by atoms with E-state index in [1.165, 1.54) is 0 Å². The minimum Gasteiger partial charge on any atom is -0.324 e. The molecule has 0 radical (unpaired) electrons. The Balaban J connectivity index is 3.02. The fourth-order valence-corrected chi connectivity index (χ4v) is 1.96. The SMILES string of the molecule is Cc1[nH]c(=O)c2cc(Br)ccc2c1Cl. The monoisotopic (exact) mass is 271 g/mol. The first-order valence-electron chi connectivity index (χ1n) is 4.07. The molecule has 14 heavy (non-hydrogen) atoms. The van der Waals surface area contributed by atoms with E-state index >= 15 is 0 Å². The number of hydrogen-bond acceptors (Lipinski definition) is 1. The van der Waals surface area contributed by atoms with Crippen LogP contribution in [-0.2, 0) is 0 Å². The average molecular weight is 273 g/mol. The summed E-state index contributed by atoms with van der Waals surface area (Å²) in [5, 5.41) is 2.00. The summed E-state index contributed by atoms with van der Waals surface area (Å²) in [6.07, 6.45) is 0. The molecule has 2 aromatic rings. The largest absolute Gasteiger partial charge is 0.324 e. The number of fused-ring (bicyclic) bond motifs is 1. The summed E-state index contributed by atoms with van der Waals surface area (Å²) in [5.74, 6) is 0. The van der Waals surface area contributed by atoms with Crippen LogP contribution in [0, 0.1) is 6.92 Å². The lowest BCUT2D eigenvalue weighted by Gasteiger charge is -2.03. The lowest BCUT2D eigenvalue weighted by Crippen LogP contribution is -2.08. The Morgan fingerprint density at radius 3 is 2.79 bits per heavy atom. The molecule has 4 heteroatoms. The molecule has 0 aliphatic rings. The maximum Gasteiger partial charge on any atom is 0.256 e. The molecule has 0 aliphatic heterocycles. The third-order valence-corrected chi connectivity index (χ3v) is 3.07. The molecule has 72 valence electrons. The standard InChI is InChI=1S/C10H7BrClNO/c1-5-9(12)7-3-2-6(11)4-8(7)10(14)13-5/h2-4H,1H3,(H,13,14). The maximum absolute atomic E-state index is 11.6. The second kappa shape index (κ2) is 3.41. The molecule has 0 bridgehead atoms. The number of pyridine rings is 1.